The van der Waals surface area contributed by atoms with Gasteiger partial charge in [0.25, 0.3) is 0 Å². The van der Waals surface area contributed by atoms with E-state index in [1.54, 1.807) is 6.08 Å². The van der Waals surface area contributed by atoms with E-state index in [0.717, 1.165) is 16.7 Å². The van der Waals surface area contributed by atoms with E-state index in [9.17, 15) is 5.11 Å². The number of fused-ring (bicyclic) bond motifs is 1. The lowest BCUT2D eigenvalue weighted by Crippen LogP contribution is -2.48. The fourth-order valence-electron chi connectivity index (χ4n) is 4.80. The highest BCUT2D eigenvalue weighted by Gasteiger charge is 2.55. The third-order valence-corrected chi connectivity index (χ3v) is 6.26. The Kier molecular flexibility index (Phi) is 5.26. The van der Waals surface area contributed by atoms with Gasteiger partial charge in [0.1, 0.15) is 23.4 Å². The van der Waals surface area contributed by atoms with Crippen molar-refractivity contribution in [1.29, 1.82) is 0 Å². The third kappa shape index (κ3) is 3.59. The maximum absolute atomic E-state index is 11.6. The van der Waals surface area contributed by atoms with E-state index in [1.807, 2.05) is 74.5 Å². The number of benzene rings is 3. The third-order valence-electron chi connectivity index (χ3n) is 6.26. The molecule has 0 unspecified atom stereocenters. The first-order chi connectivity index (χ1) is 15.4. The number of rotatable bonds is 6. The highest BCUT2D eigenvalue weighted by atomic mass is 16.8. The molecule has 0 bridgehead atoms. The lowest BCUT2D eigenvalue weighted by Gasteiger charge is -2.39. The molecule has 3 aromatic carbocycles. The molecule has 4 heteroatoms. The zero-order valence-corrected chi connectivity index (χ0v) is 18.3. The van der Waals surface area contributed by atoms with E-state index < -0.39 is 23.1 Å². The molecule has 1 N–H and O–H groups in total. The van der Waals surface area contributed by atoms with Crippen molar-refractivity contribution in [3.63, 3.8) is 0 Å². The highest BCUT2D eigenvalue weighted by Crippen LogP contribution is 2.44. The molecular weight excluding hydrogens is 400 g/mol. The number of ether oxygens (including phenoxy) is 3. The van der Waals surface area contributed by atoms with Crippen LogP contribution in [-0.2, 0) is 19.8 Å². The van der Waals surface area contributed by atoms with Crippen LogP contribution in [0.1, 0.15) is 30.5 Å². The predicted molar refractivity (Wildman–Crippen MR) is 123 cm³/mol. The zero-order valence-electron chi connectivity index (χ0n) is 18.3. The maximum Gasteiger partial charge on any atom is 0.164 e. The van der Waals surface area contributed by atoms with Gasteiger partial charge in [0.2, 0.25) is 0 Å². The van der Waals surface area contributed by atoms with Crippen molar-refractivity contribution in [1.82, 2.24) is 0 Å². The van der Waals surface area contributed by atoms with E-state index >= 15 is 0 Å². The summed E-state index contributed by atoms with van der Waals surface area (Å²) in [7, 11) is 0. The van der Waals surface area contributed by atoms with Crippen molar-refractivity contribution in [3.05, 3.63) is 120 Å². The molecule has 0 aromatic heterocycles. The Hall–Kier alpha value is -2.76. The first-order valence-electron chi connectivity index (χ1n) is 11.0. The minimum atomic E-state index is -1.30. The molecule has 1 heterocycles. The Morgan fingerprint density at radius 3 is 1.72 bits per heavy atom. The normalized spacial score (nSPS) is 26.2. The smallest absolute Gasteiger partial charge is 0.164 e. The lowest BCUT2D eigenvalue weighted by molar-refractivity contribution is -0.177. The highest BCUT2D eigenvalue weighted by molar-refractivity contribution is 5.47. The summed E-state index contributed by atoms with van der Waals surface area (Å²) in [6.45, 7) is 3.77. The Morgan fingerprint density at radius 1 is 0.781 bits per heavy atom. The van der Waals surface area contributed by atoms with Gasteiger partial charge in [-0.1, -0.05) is 97.1 Å². The van der Waals surface area contributed by atoms with Crippen LogP contribution >= 0.6 is 0 Å². The van der Waals surface area contributed by atoms with Crippen LogP contribution < -0.4 is 0 Å². The second-order valence-electron chi connectivity index (χ2n) is 8.94. The molecule has 1 saturated heterocycles. The summed E-state index contributed by atoms with van der Waals surface area (Å²) >= 11 is 0. The van der Waals surface area contributed by atoms with Gasteiger partial charge in [-0.15, -0.1) is 0 Å². The van der Waals surface area contributed by atoms with Crippen LogP contribution in [0.5, 0.6) is 0 Å². The maximum atomic E-state index is 11.6. The molecule has 5 rings (SSSR count). The van der Waals surface area contributed by atoms with Crippen molar-refractivity contribution >= 4 is 0 Å². The summed E-state index contributed by atoms with van der Waals surface area (Å²) in [6, 6.07) is 30.4. The molecule has 1 aliphatic carbocycles. The average molecular weight is 429 g/mol. The molecule has 0 spiro atoms. The lowest BCUT2D eigenvalue weighted by atomic mass is 9.80. The molecule has 3 atom stereocenters. The van der Waals surface area contributed by atoms with Crippen molar-refractivity contribution < 1.29 is 19.3 Å². The molecule has 3 aromatic rings. The summed E-state index contributed by atoms with van der Waals surface area (Å²) in [5.74, 6) is -0.747. The van der Waals surface area contributed by atoms with Crippen molar-refractivity contribution in [2.45, 2.75) is 43.0 Å². The number of hydrogen-bond acceptors (Lipinski definition) is 4. The monoisotopic (exact) mass is 428 g/mol. The minimum Gasteiger partial charge on any atom is -0.380 e. The van der Waals surface area contributed by atoms with Crippen LogP contribution in [0.4, 0.5) is 0 Å². The summed E-state index contributed by atoms with van der Waals surface area (Å²) in [5, 5.41) is 11.6. The van der Waals surface area contributed by atoms with E-state index in [1.165, 1.54) is 0 Å². The Morgan fingerprint density at radius 2 is 1.25 bits per heavy atom. The summed E-state index contributed by atoms with van der Waals surface area (Å²) in [6.07, 6.45) is 2.82. The zero-order chi connectivity index (χ0) is 22.2. The molecule has 2 aliphatic rings. The van der Waals surface area contributed by atoms with Crippen LogP contribution in [0.3, 0.4) is 0 Å². The molecule has 1 fully saturated rings. The molecule has 0 saturated carbocycles. The van der Waals surface area contributed by atoms with Gasteiger partial charge in [-0.05, 0) is 36.6 Å². The fraction of sp³-hybridized carbons (Fsp3) is 0.286. The van der Waals surface area contributed by atoms with Crippen LogP contribution in [0, 0.1) is 0 Å². The quantitative estimate of drug-likeness (QED) is 0.452. The van der Waals surface area contributed by atoms with Gasteiger partial charge in [0.05, 0.1) is 6.61 Å². The SMILES string of the molecule is CC1(C)O[C@H]2C=C[C@](O)(COC(c3ccccc3)(c3ccccc3)c3ccccc3)[C@H]2O1. The van der Waals surface area contributed by atoms with Gasteiger partial charge in [-0.25, -0.2) is 0 Å². The molecule has 4 nitrogen and oxygen atoms in total. The van der Waals surface area contributed by atoms with Crippen LogP contribution in [0.2, 0.25) is 0 Å². The molecule has 32 heavy (non-hydrogen) atoms. The molecule has 0 radical (unpaired) electrons. The fourth-order valence-corrected chi connectivity index (χ4v) is 4.80. The Balaban J connectivity index is 1.59. The summed E-state index contributed by atoms with van der Waals surface area (Å²) < 4.78 is 18.8. The Labute approximate surface area is 189 Å². The average Bonchev–Trinajstić information content (AvgIpc) is 3.30. The summed E-state index contributed by atoms with van der Waals surface area (Å²) in [4.78, 5) is 0. The van der Waals surface area contributed by atoms with Crippen LogP contribution in [0.25, 0.3) is 0 Å². The molecular formula is C28H28O4. The second-order valence-corrected chi connectivity index (χ2v) is 8.94. The van der Waals surface area contributed by atoms with Gasteiger partial charge < -0.3 is 19.3 Å². The first-order valence-corrected chi connectivity index (χ1v) is 11.0. The van der Waals surface area contributed by atoms with Gasteiger partial charge >= 0.3 is 0 Å². The number of aliphatic hydroxyl groups is 1. The van der Waals surface area contributed by atoms with Gasteiger partial charge in [-0.3, -0.25) is 0 Å². The van der Waals surface area contributed by atoms with Gasteiger partial charge in [0.15, 0.2) is 5.79 Å². The largest absolute Gasteiger partial charge is 0.380 e. The standard InChI is InChI=1S/C28H28O4/c1-26(2)31-24-18-19-27(29,25(24)32-26)20-30-28(21-12-6-3-7-13-21,22-14-8-4-9-15-22)23-16-10-5-11-17-23/h3-19,24-25,29H,20H2,1-2H3/t24-,25-,27-/m0/s1. The van der Waals surface area contributed by atoms with Crippen molar-refractivity contribution in [3.8, 4) is 0 Å². The summed E-state index contributed by atoms with van der Waals surface area (Å²) in [5.41, 5.74) is 0.762. The minimum absolute atomic E-state index is 0.0444. The second kappa shape index (κ2) is 7.98. The van der Waals surface area contributed by atoms with Gasteiger partial charge in [0, 0.05) is 0 Å². The van der Waals surface area contributed by atoms with Gasteiger partial charge in [-0.2, -0.15) is 0 Å². The predicted octanol–water partition coefficient (Wildman–Crippen LogP) is 4.82. The Bertz CT molecular complexity index is 982. The van der Waals surface area contributed by atoms with Crippen molar-refractivity contribution in [2.24, 2.45) is 0 Å². The topological polar surface area (TPSA) is 47.9 Å². The molecule has 164 valence electrons. The van der Waals surface area contributed by atoms with E-state index in [4.69, 9.17) is 14.2 Å². The number of hydrogen-bond donors (Lipinski definition) is 1. The van der Waals surface area contributed by atoms with Crippen LogP contribution in [-0.4, -0.2) is 35.3 Å². The van der Waals surface area contributed by atoms with E-state index in [2.05, 4.69) is 36.4 Å². The van der Waals surface area contributed by atoms with Crippen LogP contribution in [0.15, 0.2) is 103 Å². The van der Waals surface area contributed by atoms with E-state index in [-0.39, 0.29) is 12.7 Å². The first kappa shape index (κ1) is 21.1. The van der Waals surface area contributed by atoms with Crippen molar-refractivity contribution in [2.75, 3.05) is 6.61 Å². The van der Waals surface area contributed by atoms with E-state index in [0.29, 0.717) is 0 Å². The molecule has 1 aliphatic heterocycles. The molecule has 0 amide bonds.